The van der Waals surface area contributed by atoms with Gasteiger partial charge in [0.25, 0.3) is 5.91 Å². The number of aryl methyl sites for hydroxylation is 2. The summed E-state index contributed by atoms with van der Waals surface area (Å²) in [5, 5.41) is 6.79. The van der Waals surface area contributed by atoms with Crippen LogP contribution in [0.2, 0.25) is 0 Å². The van der Waals surface area contributed by atoms with Crippen molar-refractivity contribution in [3.05, 3.63) is 89.3 Å². The maximum absolute atomic E-state index is 12.4. The first-order valence-electron chi connectivity index (χ1n) is 9.33. The van der Waals surface area contributed by atoms with E-state index in [0.717, 1.165) is 29.1 Å². The number of hydrogen-bond acceptors (Lipinski definition) is 5. The van der Waals surface area contributed by atoms with Crippen molar-refractivity contribution in [2.24, 2.45) is 0 Å². The van der Waals surface area contributed by atoms with E-state index >= 15 is 0 Å². The molecule has 1 N–H and O–H groups in total. The lowest BCUT2D eigenvalue weighted by Crippen LogP contribution is -2.22. The lowest BCUT2D eigenvalue weighted by atomic mass is 10.1. The number of carbonyl (C=O) groups is 1. The van der Waals surface area contributed by atoms with Crippen molar-refractivity contribution in [3.63, 3.8) is 0 Å². The summed E-state index contributed by atoms with van der Waals surface area (Å²) in [6.07, 6.45) is 3.71. The normalized spacial score (nSPS) is 10.8. The molecule has 2 heterocycles. The van der Waals surface area contributed by atoms with Gasteiger partial charge < -0.3 is 14.4 Å². The predicted molar refractivity (Wildman–Crippen MR) is 108 cm³/mol. The van der Waals surface area contributed by atoms with Gasteiger partial charge in [0, 0.05) is 30.1 Å². The Morgan fingerprint density at radius 3 is 2.52 bits per heavy atom. The fourth-order valence-electron chi connectivity index (χ4n) is 2.93. The summed E-state index contributed by atoms with van der Waals surface area (Å²) < 4.78 is 7.29. The van der Waals surface area contributed by atoms with E-state index in [9.17, 15) is 4.79 Å². The van der Waals surface area contributed by atoms with Gasteiger partial charge in [0.05, 0.1) is 6.54 Å². The van der Waals surface area contributed by atoms with Crippen molar-refractivity contribution < 1.29 is 9.32 Å². The topological polar surface area (TPSA) is 85.8 Å². The first-order chi connectivity index (χ1) is 14.1. The maximum atomic E-state index is 12.4. The smallest absolute Gasteiger partial charge is 0.251 e. The van der Waals surface area contributed by atoms with Crippen LogP contribution in [0.5, 0.6) is 0 Å². The minimum Gasteiger partial charge on any atom is -0.343 e. The van der Waals surface area contributed by atoms with Gasteiger partial charge in [-0.25, -0.2) is 4.98 Å². The molecule has 2 aromatic heterocycles. The van der Waals surface area contributed by atoms with E-state index in [4.69, 9.17) is 4.52 Å². The number of amides is 1. The van der Waals surface area contributed by atoms with Gasteiger partial charge in [-0.2, -0.15) is 4.98 Å². The van der Waals surface area contributed by atoms with Crippen molar-refractivity contribution in [2.75, 3.05) is 0 Å². The molecular weight excluding hydrogens is 366 g/mol. The van der Waals surface area contributed by atoms with E-state index in [1.807, 2.05) is 68.6 Å². The quantitative estimate of drug-likeness (QED) is 0.547. The number of carbonyl (C=O) groups excluding carboxylic acids is 1. The molecule has 0 aliphatic rings. The van der Waals surface area contributed by atoms with E-state index in [1.54, 1.807) is 6.20 Å². The van der Waals surface area contributed by atoms with Crippen molar-refractivity contribution >= 4 is 5.91 Å². The van der Waals surface area contributed by atoms with Crippen molar-refractivity contribution in [2.45, 2.75) is 26.9 Å². The Balaban J connectivity index is 1.35. The van der Waals surface area contributed by atoms with Gasteiger partial charge >= 0.3 is 0 Å². The molecule has 0 saturated carbocycles. The van der Waals surface area contributed by atoms with Crippen LogP contribution in [0.1, 0.15) is 33.2 Å². The molecule has 4 aromatic rings. The third-order valence-electron chi connectivity index (χ3n) is 4.67. The van der Waals surface area contributed by atoms with Crippen LogP contribution >= 0.6 is 0 Å². The molecule has 4 rings (SSSR count). The molecule has 29 heavy (non-hydrogen) atoms. The molecule has 0 unspecified atom stereocenters. The molecular formula is C22H21N5O2. The fourth-order valence-corrected chi connectivity index (χ4v) is 2.93. The second-order valence-electron chi connectivity index (χ2n) is 6.86. The van der Waals surface area contributed by atoms with Crippen molar-refractivity contribution in [1.29, 1.82) is 0 Å². The van der Waals surface area contributed by atoms with Gasteiger partial charge in [-0.1, -0.05) is 47.1 Å². The van der Waals surface area contributed by atoms with Crippen LogP contribution < -0.4 is 5.32 Å². The lowest BCUT2D eigenvalue weighted by molar-refractivity contribution is 0.0946. The zero-order valence-corrected chi connectivity index (χ0v) is 16.3. The highest BCUT2D eigenvalue weighted by atomic mass is 16.5. The molecule has 0 aliphatic heterocycles. The SMILES string of the molecule is Cc1ccc(-c2noc(CNC(=O)c3ccc(Cn4ccnc4C)cc3)n2)cc1. The summed E-state index contributed by atoms with van der Waals surface area (Å²) in [5.41, 5.74) is 3.72. The van der Waals surface area contributed by atoms with Crippen molar-refractivity contribution in [3.8, 4) is 11.4 Å². The number of nitrogens with one attached hydrogen (secondary N) is 1. The first-order valence-corrected chi connectivity index (χ1v) is 9.33. The average molecular weight is 387 g/mol. The van der Waals surface area contributed by atoms with Gasteiger partial charge in [-0.15, -0.1) is 0 Å². The number of imidazole rings is 1. The Morgan fingerprint density at radius 2 is 1.83 bits per heavy atom. The van der Waals surface area contributed by atoms with Crippen LogP contribution in [-0.4, -0.2) is 25.6 Å². The highest BCUT2D eigenvalue weighted by molar-refractivity contribution is 5.94. The number of aromatic nitrogens is 4. The molecule has 2 aromatic carbocycles. The number of hydrogen-bond donors (Lipinski definition) is 1. The minimum atomic E-state index is -0.189. The van der Waals surface area contributed by atoms with E-state index in [0.29, 0.717) is 17.3 Å². The third-order valence-corrected chi connectivity index (χ3v) is 4.67. The molecule has 0 fully saturated rings. The molecule has 0 aliphatic carbocycles. The van der Waals surface area contributed by atoms with Crippen molar-refractivity contribution in [1.82, 2.24) is 25.0 Å². The van der Waals surface area contributed by atoms with Gasteiger partial charge in [0.2, 0.25) is 11.7 Å². The maximum Gasteiger partial charge on any atom is 0.251 e. The number of rotatable bonds is 6. The summed E-state index contributed by atoms with van der Waals surface area (Å²) in [4.78, 5) is 21.0. The van der Waals surface area contributed by atoms with Gasteiger partial charge in [-0.05, 0) is 31.5 Å². The third kappa shape index (κ3) is 4.40. The Hall–Kier alpha value is -3.74. The van der Waals surface area contributed by atoms with E-state index in [-0.39, 0.29) is 12.5 Å². The second kappa shape index (κ2) is 8.10. The zero-order valence-electron chi connectivity index (χ0n) is 16.3. The summed E-state index contributed by atoms with van der Waals surface area (Å²) in [6.45, 7) is 4.88. The van der Waals surface area contributed by atoms with Crippen LogP contribution in [0.25, 0.3) is 11.4 Å². The van der Waals surface area contributed by atoms with Crippen LogP contribution in [0.3, 0.4) is 0 Å². The summed E-state index contributed by atoms with van der Waals surface area (Å²) in [6, 6.07) is 15.4. The summed E-state index contributed by atoms with van der Waals surface area (Å²) in [7, 11) is 0. The molecule has 7 nitrogen and oxygen atoms in total. The molecule has 0 saturated heterocycles. The van der Waals surface area contributed by atoms with Crippen LogP contribution in [0.4, 0.5) is 0 Å². The van der Waals surface area contributed by atoms with Gasteiger partial charge in [0.1, 0.15) is 5.82 Å². The zero-order chi connectivity index (χ0) is 20.2. The molecule has 0 bridgehead atoms. The Labute approximate surface area is 168 Å². The molecule has 7 heteroatoms. The molecule has 0 radical (unpaired) electrons. The largest absolute Gasteiger partial charge is 0.343 e. The van der Waals surface area contributed by atoms with E-state index in [2.05, 4.69) is 25.0 Å². The first kappa shape index (κ1) is 18.6. The van der Waals surface area contributed by atoms with E-state index < -0.39 is 0 Å². The second-order valence-corrected chi connectivity index (χ2v) is 6.86. The summed E-state index contributed by atoms with van der Waals surface area (Å²) in [5.74, 6) is 1.64. The van der Waals surface area contributed by atoms with E-state index in [1.165, 1.54) is 0 Å². The average Bonchev–Trinajstić information content (AvgIpc) is 3.37. The van der Waals surface area contributed by atoms with Crippen LogP contribution in [-0.2, 0) is 13.1 Å². The fraction of sp³-hybridized carbons (Fsp3) is 0.182. The van der Waals surface area contributed by atoms with Crippen LogP contribution in [0, 0.1) is 13.8 Å². The lowest BCUT2D eigenvalue weighted by Gasteiger charge is -2.07. The highest BCUT2D eigenvalue weighted by Gasteiger charge is 2.11. The Kier molecular flexibility index (Phi) is 5.20. The Bertz CT molecular complexity index is 1110. The highest BCUT2D eigenvalue weighted by Crippen LogP contribution is 2.16. The minimum absolute atomic E-state index is 0.174. The molecule has 1 amide bonds. The summed E-state index contributed by atoms with van der Waals surface area (Å²) >= 11 is 0. The molecule has 146 valence electrons. The predicted octanol–water partition coefficient (Wildman–Crippen LogP) is 3.53. The number of nitrogens with zero attached hydrogens (tertiary/aromatic N) is 4. The number of benzene rings is 2. The Morgan fingerprint density at radius 1 is 1.07 bits per heavy atom. The molecule has 0 spiro atoms. The van der Waals surface area contributed by atoms with Gasteiger partial charge in [0.15, 0.2) is 0 Å². The van der Waals surface area contributed by atoms with Crippen LogP contribution in [0.15, 0.2) is 65.4 Å². The molecule has 0 atom stereocenters. The van der Waals surface area contributed by atoms with Gasteiger partial charge in [-0.3, -0.25) is 4.79 Å². The monoisotopic (exact) mass is 387 g/mol. The standard InChI is InChI=1S/C22H21N5O2/c1-15-3-7-18(8-4-15)21-25-20(29-26-21)13-24-22(28)19-9-5-17(6-10-19)14-27-12-11-23-16(27)2/h3-12H,13-14H2,1-2H3,(H,24,28).